The molecular weight excluding hydrogens is 212 g/mol. The molecule has 96 valence electrons. The molecule has 2 nitrogen and oxygen atoms in total. The maximum atomic E-state index is 9.93. The fourth-order valence-corrected chi connectivity index (χ4v) is 2.28. The fraction of sp³-hybridized carbons (Fsp3) is 0.600. The van der Waals surface area contributed by atoms with E-state index in [-0.39, 0.29) is 12.0 Å². The first-order valence-corrected chi connectivity index (χ1v) is 6.47. The molecule has 2 atom stereocenters. The second kappa shape index (κ2) is 6.65. The second-order valence-corrected chi connectivity index (χ2v) is 4.90. The molecule has 0 spiro atoms. The molecule has 1 aromatic carbocycles. The lowest BCUT2D eigenvalue weighted by Crippen LogP contribution is -2.21. The van der Waals surface area contributed by atoms with Crippen LogP contribution in [0.5, 0.6) is 5.75 Å². The second-order valence-electron chi connectivity index (χ2n) is 4.90. The van der Waals surface area contributed by atoms with Crippen molar-refractivity contribution >= 4 is 0 Å². The first kappa shape index (κ1) is 14.0. The maximum absolute atomic E-state index is 9.93. The summed E-state index contributed by atoms with van der Waals surface area (Å²) >= 11 is 0. The van der Waals surface area contributed by atoms with Gasteiger partial charge in [0, 0.05) is 11.5 Å². The Bertz CT molecular complexity index is 323. The molecule has 1 aromatic rings. The Labute approximate surface area is 105 Å². The molecule has 0 radical (unpaired) electrons. The first-order valence-electron chi connectivity index (χ1n) is 6.47. The Kier molecular flexibility index (Phi) is 5.49. The van der Waals surface area contributed by atoms with Crippen LogP contribution in [0.3, 0.4) is 0 Å². The molecule has 17 heavy (non-hydrogen) atoms. The first-order chi connectivity index (χ1) is 8.07. The summed E-state index contributed by atoms with van der Waals surface area (Å²) in [6.45, 7) is 8.93. The highest BCUT2D eigenvalue weighted by atomic mass is 16.5. The quantitative estimate of drug-likeness (QED) is 0.817. The van der Waals surface area contributed by atoms with Gasteiger partial charge >= 0.3 is 0 Å². The number of benzene rings is 1. The summed E-state index contributed by atoms with van der Waals surface area (Å²) in [5.41, 5.74) is 1.12. The molecule has 0 heterocycles. The van der Waals surface area contributed by atoms with Crippen molar-refractivity contribution in [3.63, 3.8) is 0 Å². The Balaban J connectivity index is 3.00. The zero-order valence-electron chi connectivity index (χ0n) is 11.3. The summed E-state index contributed by atoms with van der Waals surface area (Å²) in [7, 11) is 0. The average molecular weight is 236 g/mol. The Morgan fingerprint density at radius 3 is 2.35 bits per heavy atom. The molecular formula is C15H24O2. The average Bonchev–Trinajstić information content (AvgIpc) is 2.27. The largest absolute Gasteiger partial charge is 0.493 e. The third-order valence-corrected chi connectivity index (χ3v) is 2.98. The molecule has 0 saturated heterocycles. The highest BCUT2D eigenvalue weighted by Crippen LogP contribution is 2.34. The molecule has 0 bridgehead atoms. The van der Waals surface area contributed by atoms with Crippen LogP contribution in [-0.2, 0) is 0 Å². The van der Waals surface area contributed by atoms with Crippen LogP contribution in [0, 0.1) is 5.92 Å². The van der Waals surface area contributed by atoms with Gasteiger partial charge in [-0.2, -0.15) is 0 Å². The predicted octanol–water partition coefficient (Wildman–Crippen LogP) is 3.60. The molecule has 0 aliphatic rings. The third-order valence-electron chi connectivity index (χ3n) is 2.98. The van der Waals surface area contributed by atoms with Crippen molar-refractivity contribution in [3.05, 3.63) is 29.8 Å². The molecule has 2 unspecified atom stereocenters. The van der Waals surface area contributed by atoms with E-state index < -0.39 is 0 Å². The van der Waals surface area contributed by atoms with E-state index in [0.717, 1.165) is 24.3 Å². The van der Waals surface area contributed by atoms with Gasteiger partial charge in [-0.05, 0) is 25.3 Å². The lowest BCUT2D eigenvalue weighted by atomic mass is 9.84. The van der Waals surface area contributed by atoms with Crippen molar-refractivity contribution in [3.8, 4) is 5.75 Å². The summed E-state index contributed by atoms with van der Waals surface area (Å²) in [6.07, 6.45) is 0.636. The van der Waals surface area contributed by atoms with Crippen LogP contribution in [0.25, 0.3) is 0 Å². The number of aliphatic hydroxyl groups is 1. The van der Waals surface area contributed by atoms with Gasteiger partial charge in [-0.3, -0.25) is 0 Å². The molecule has 1 N–H and O–H groups in total. The van der Waals surface area contributed by atoms with Crippen LogP contribution in [0.1, 0.15) is 45.6 Å². The van der Waals surface area contributed by atoms with Crippen molar-refractivity contribution in [2.45, 2.75) is 46.1 Å². The predicted molar refractivity (Wildman–Crippen MR) is 71.5 cm³/mol. The van der Waals surface area contributed by atoms with E-state index in [1.807, 2.05) is 25.1 Å². The van der Waals surface area contributed by atoms with Crippen molar-refractivity contribution in [1.29, 1.82) is 0 Å². The summed E-state index contributed by atoms with van der Waals surface area (Å²) in [5, 5.41) is 9.93. The molecule has 0 amide bonds. The minimum Gasteiger partial charge on any atom is -0.493 e. The zero-order chi connectivity index (χ0) is 12.8. The summed E-state index contributed by atoms with van der Waals surface area (Å²) in [5.74, 6) is 1.43. The SMILES string of the molecule is CCCOc1ccccc1C(C(C)C)C(C)O. The molecule has 0 fully saturated rings. The van der Waals surface area contributed by atoms with E-state index in [1.165, 1.54) is 0 Å². The minimum atomic E-state index is -0.360. The Morgan fingerprint density at radius 1 is 1.18 bits per heavy atom. The van der Waals surface area contributed by atoms with Crippen molar-refractivity contribution in [2.24, 2.45) is 5.92 Å². The van der Waals surface area contributed by atoms with E-state index in [4.69, 9.17) is 4.74 Å². The van der Waals surface area contributed by atoms with Gasteiger partial charge in [0.1, 0.15) is 5.75 Å². The van der Waals surface area contributed by atoms with Crippen molar-refractivity contribution < 1.29 is 9.84 Å². The standard InChI is InChI=1S/C15H24O2/c1-5-10-17-14-9-7-6-8-13(14)15(11(2)3)12(4)16/h6-9,11-12,15-16H,5,10H2,1-4H3. The molecule has 1 rings (SSSR count). The Hall–Kier alpha value is -1.02. The normalized spacial score (nSPS) is 14.7. The number of hydrogen-bond acceptors (Lipinski definition) is 2. The van der Waals surface area contributed by atoms with E-state index in [9.17, 15) is 5.11 Å². The minimum absolute atomic E-state index is 0.128. The molecule has 0 saturated carbocycles. The fourth-order valence-electron chi connectivity index (χ4n) is 2.28. The van der Waals surface area contributed by atoms with Gasteiger partial charge in [-0.25, -0.2) is 0 Å². The van der Waals surface area contributed by atoms with Gasteiger partial charge in [0.25, 0.3) is 0 Å². The van der Waals surface area contributed by atoms with Crippen molar-refractivity contribution in [2.75, 3.05) is 6.61 Å². The van der Waals surface area contributed by atoms with Crippen molar-refractivity contribution in [1.82, 2.24) is 0 Å². The number of hydrogen-bond donors (Lipinski definition) is 1. The zero-order valence-corrected chi connectivity index (χ0v) is 11.3. The summed E-state index contributed by atoms with van der Waals surface area (Å²) in [6, 6.07) is 8.03. The van der Waals surface area contributed by atoms with Crippen LogP contribution in [0.2, 0.25) is 0 Å². The van der Waals surface area contributed by atoms with Crippen LogP contribution < -0.4 is 4.74 Å². The maximum Gasteiger partial charge on any atom is 0.122 e. The monoisotopic (exact) mass is 236 g/mol. The highest BCUT2D eigenvalue weighted by Gasteiger charge is 2.24. The van der Waals surface area contributed by atoms with Gasteiger partial charge in [0.2, 0.25) is 0 Å². The van der Waals surface area contributed by atoms with Crippen LogP contribution in [0.4, 0.5) is 0 Å². The molecule has 0 aromatic heterocycles. The summed E-state index contributed by atoms with van der Waals surface area (Å²) in [4.78, 5) is 0. The smallest absolute Gasteiger partial charge is 0.122 e. The van der Waals surface area contributed by atoms with Crippen LogP contribution in [0.15, 0.2) is 24.3 Å². The third kappa shape index (κ3) is 3.74. The summed E-state index contributed by atoms with van der Waals surface area (Å²) < 4.78 is 5.76. The van der Waals surface area contributed by atoms with Gasteiger partial charge < -0.3 is 9.84 Å². The van der Waals surface area contributed by atoms with Crippen LogP contribution in [-0.4, -0.2) is 17.8 Å². The van der Waals surface area contributed by atoms with Crippen LogP contribution >= 0.6 is 0 Å². The van der Waals surface area contributed by atoms with E-state index >= 15 is 0 Å². The molecule has 0 aliphatic heterocycles. The van der Waals surface area contributed by atoms with E-state index in [0.29, 0.717) is 5.92 Å². The van der Waals surface area contributed by atoms with E-state index in [2.05, 4.69) is 26.8 Å². The van der Waals surface area contributed by atoms with Gasteiger partial charge in [-0.1, -0.05) is 39.0 Å². The highest BCUT2D eigenvalue weighted by molar-refractivity contribution is 5.37. The number of ether oxygens (including phenoxy) is 1. The van der Waals surface area contributed by atoms with E-state index in [1.54, 1.807) is 0 Å². The van der Waals surface area contributed by atoms with Gasteiger partial charge in [0.15, 0.2) is 0 Å². The Morgan fingerprint density at radius 2 is 1.82 bits per heavy atom. The lowest BCUT2D eigenvalue weighted by Gasteiger charge is -2.26. The topological polar surface area (TPSA) is 29.5 Å². The number of aliphatic hydroxyl groups excluding tert-OH is 1. The van der Waals surface area contributed by atoms with Gasteiger partial charge in [0.05, 0.1) is 12.7 Å². The molecule has 0 aliphatic carbocycles. The molecule has 2 heteroatoms. The van der Waals surface area contributed by atoms with Gasteiger partial charge in [-0.15, -0.1) is 0 Å². The lowest BCUT2D eigenvalue weighted by molar-refractivity contribution is 0.137. The number of rotatable bonds is 6. The number of para-hydroxylation sites is 1.